The Morgan fingerprint density at radius 2 is 0.612 bits per heavy atom. The summed E-state index contributed by atoms with van der Waals surface area (Å²) in [4.78, 5) is 25.2. The van der Waals surface area contributed by atoms with Crippen molar-refractivity contribution in [3.8, 4) is 90.1 Å². The summed E-state index contributed by atoms with van der Waals surface area (Å²) in [5, 5.41) is 6.97. The van der Waals surface area contributed by atoms with Crippen LogP contribution in [0.3, 0.4) is 0 Å². The quantitative estimate of drug-likeness (QED) is 0.105. The zero-order chi connectivity index (χ0) is 57.5. The van der Waals surface area contributed by atoms with E-state index in [1.165, 1.54) is 33.0 Å². The summed E-state index contributed by atoms with van der Waals surface area (Å²) in [6.45, 7) is 8.33. The highest BCUT2D eigenvalue weighted by molar-refractivity contribution is 6.62. The lowest BCUT2D eigenvalue weighted by atomic mass is 9.78. The first-order chi connectivity index (χ1) is 41.6. The van der Waals surface area contributed by atoms with Gasteiger partial charge in [-0.25, -0.2) is 24.9 Å². The summed E-state index contributed by atoms with van der Waals surface area (Å²) >= 11 is 0. The van der Waals surface area contributed by atoms with Gasteiger partial charge in [0.2, 0.25) is 0 Å². The second kappa shape index (κ2) is 22.2. The third-order valence-electron chi connectivity index (χ3n) is 16.6. The number of nitrogens with zero attached hydrogens (tertiary/aromatic N) is 5. The van der Waals surface area contributed by atoms with E-state index in [0.29, 0.717) is 17.5 Å². The molecular formula is C77H58BN5O2. The van der Waals surface area contributed by atoms with E-state index in [-0.39, 0.29) is 11.2 Å². The third-order valence-corrected chi connectivity index (χ3v) is 16.6. The molecular weight excluding hydrogens is 1040 g/mol. The molecule has 406 valence electrons. The van der Waals surface area contributed by atoms with E-state index in [4.69, 9.17) is 34.2 Å². The molecule has 11 aromatic carbocycles. The lowest BCUT2D eigenvalue weighted by Gasteiger charge is -2.32. The van der Waals surface area contributed by atoms with Gasteiger partial charge in [-0.15, -0.1) is 0 Å². The minimum atomic E-state index is -0.425. The van der Waals surface area contributed by atoms with Gasteiger partial charge in [0, 0.05) is 60.1 Å². The van der Waals surface area contributed by atoms with E-state index in [1.54, 1.807) is 0 Å². The Morgan fingerprint density at radius 1 is 0.271 bits per heavy atom. The standard InChI is InChI=1S/C46H30N4.C31H28BNO2/c1-5-14-32(15-6-1)38-22-13-23-40-42(38)39-29-28-37(30-41(39)47-43(40)33-16-7-2-8-17-33)31-24-26-36(27-25-31)46-49-44(34-18-9-3-10-19-34)48-45(50-46)35-20-11-4-12-21-35;1-30(2)31(3,4)35-32(34-30)23-18-19-25-27(20-23)33-29(22-14-9-6-10-15-22)26-17-11-16-24(28(25)26)21-12-7-5-8-13-21/h1-30H;5-20H,1-4H3. The Hall–Kier alpha value is -10.2. The van der Waals surface area contributed by atoms with Crippen LogP contribution in [0.15, 0.2) is 279 Å². The summed E-state index contributed by atoms with van der Waals surface area (Å²) in [7, 11) is -0.425. The van der Waals surface area contributed by atoms with Gasteiger partial charge in [0.05, 0.1) is 33.6 Å². The predicted octanol–water partition coefficient (Wildman–Crippen LogP) is 18.6. The van der Waals surface area contributed by atoms with Crippen LogP contribution in [0.1, 0.15) is 27.7 Å². The molecule has 8 heteroatoms. The van der Waals surface area contributed by atoms with Crippen LogP contribution in [0.4, 0.5) is 0 Å². The molecule has 1 aliphatic rings. The molecule has 15 rings (SSSR count). The first-order valence-electron chi connectivity index (χ1n) is 28.9. The zero-order valence-electron chi connectivity index (χ0n) is 47.7. The van der Waals surface area contributed by atoms with Crippen molar-refractivity contribution in [2.75, 3.05) is 0 Å². The number of benzene rings is 11. The fourth-order valence-corrected chi connectivity index (χ4v) is 11.5. The Balaban J connectivity index is 0.000000161. The van der Waals surface area contributed by atoms with Gasteiger partial charge in [-0.2, -0.15) is 0 Å². The van der Waals surface area contributed by atoms with Crippen LogP contribution in [-0.4, -0.2) is 43.2 Å². The molecule has 1 aliphatic heterocycles. The Bertz CT molecular complexity index is 4670. The highest BCUT2D eigenvalue weighted by Gasteiger charge is 2.51. The molecule has 4 heterocycles. The highest BCUT2D eigenvalue weighted by Crippen LogP contribution is 2.42. The molecule has 0 spiro atoms. The Kier molecular flexibility index (Phi) is 13.8. The van der Waals surface area contributed by atoms with Gasteiger partial charge in [-0.1, -0.05) is 267 Å². The van der Waals surface area contributed by atoms with Crippen molar-refractivity contribution in [1.29, 1.82) is 0 Å². The van der Waals surface area contributed by atoms with Crippen molar-refractivity contribution in [1.82, 2.24) is 24.9 Å². The molecule has 1 fully saturated rings. The minimum absolute atomic E-state index is 0.390. The summed E-state index contributed by atoms with van der Waals surface area (Å²) in [6, 6.07) is 96.8. The highest BCUT2D eigenvalue weighted by atomic mass is 16.7. The summed E-state index contributed by atoms with van der Waals surface area (Å²) in [6.07, 6.45) is 0. The number of rotatable bonds is 9. The van der Waals surface area contributed by atoms with Crippen molar-refractivity contribution in [3.05, 3.63) is 279 Å². The molecule has 0 amide bonds. The molecule has 0 radical (unpaired) electrons. The maximum atomic E-state index is 6.34. The van der Waals surface area contributed by atoms with Crippen molar-refractivity contribution < 1.29 is 9.31 Å². The summed E-state index contributed by atoms with van der Waals surface area (Å²) in [5.41, 5.74) is 16.1. The molecule has 0 saturated carbocycles. The van der Waals surface area contributed by atoms with Gasteiger partial charge < -0.3 is 9.31 Å². The van der Waals surface area contributed by atoms with Crippen molar-refractivity contribution >= 4 is 55.9 Å². The lowest BCUT2D eigenvalue weighted by Crippen LogP contribution is -2.41. The van der Waals surface area contributed by atoms with Gasteiger partial charge in [-0.05, 0) is 78.7 Å². The molecule has 0 bridgehead atoms. The summed E-state index contributed by atoms with van der Waals surface area (Å²) in [5.74, 6) is 1.93. The predicted molar refractivity (Wildman–Crippen MR) is 351 cm³/mol. The fraction of sp³-hybridized carbons (Fsp3) is 0.0779. The Labute approximate surface area is 495 Å². The lowest BCUT2D eigenvalue weighted by molar-refractivity contribution is 0.00578. The van der Waals surface area contributed by atoms with Crippen LogP contribution in [0, 0.1) is 0 Å². The molecule has 85 heavy (non-hydrogen) atoms. The molecule has 7 nitrogen and oxygen atoms in total. The van der Waals surface area contributed by atoms with E-state index in [0.717, 1.165) is 88.4 Å². The molecule has 0 unspecified atom stereocenters. The first kappa shape index (κ1) is 52.8. The fourth-order valence-electron chi connectivity index (χ4n) is 11.5. The van der Waals surface area contributed by atoms with E-state index in [2.05, 4.69) is 234 Å². The van der Waals surface area contributed by atoms with Crippen LogP contribution < -0.4 is 5.46 Å². The maximum absolute atomic E-state index is 6.34. The number of pyridine rings is 2. The monoisotopic (exact) mass is 1100 g/mol. The Morgan fingerprint density at radius 3 is 1.04 bits per heavy atom. The van der Waals surface area contributed by atoms with E-state index < -0.39 is 7.12 Å². The van der Waals surface area contributed by atoms with Gasteiger partial charge in [-0.3, -0.25) is 0 Å². The molecule has 0 atom stereocenters. The summed E-state index contributed by atoms with van der Waals surface area (Å²) < 4.78 is 12.7. The number of hydrogen-bond acceptors (Lipinski definition) is 7. The molecule has 14 aromatic rings. The number of fused-ring (bicyclic) bond motifs is 6. The number of aromatic nitrogens is 5. The average molecular weight is 1100 g/mol. The van der Waals surface area contributed by atoms with Crippen LogP contribution in [0.25, 0.3) is 133 Å². The zero-order valence-corrected chi connectivity index (χ0v) is 47.7. The molecule has 3 aromatic heterocycles. The average Bonchev–Trinajstić information content (AvgIpc) is 3.23. The second-order valence-corrected chi connectivity index (χ2v) is 22.6. The van der Waals surface area contributed by atoms with Crippen LogP contribution in [-0.2, 0) is 9.31 Å². The second-order valence-electron chi connectivity index (χ2n) is 22.6. The van der Waals surface area contributed by atoms with Gasteiger partial charge in [0.25, 0.3) is 0 Å². The van der Waals surface area contributed by atoms with Crippen LogP contribution in [0.2, 0.25) is 0 Å². The molecule has 0 N–H and O–H groups in total. The van der Waals surface area contributed by atoms with Gasteiger partial charge >= 0.3 is 7.12 Å². The van der Waals surface area contributed by atoms with Crippen molar-refractivity contribution in [2.45, 2.75) is 38.9 Å². The van der Waals surface area contributed by atoms with E-state index >= 15 is 0 Å². The molecule has 0 aliphatic carbocycles. The van der Waals surface area contributed by atoms with Crippen LogP contribution in [0.5, 0.6) is 0 Å². The topological polar surface area (TPSA) is 82.9 Å². The van der Waals surface area contributed by atoms with Crippen LogP contribution >= 0.6 is 0 Å². The van der Waals surface area contributed by atoms with Gasteiger partial charge in [0.1, 0.15) is 0 Å². The van der Waals surface area contributed by atoms with E-state index in [9.17, 15) is 0 Å². The van der Waals surface area contributed by atoms with Gasteiger partial charge in [0.15, 0.2) is 17.5 Å². The normalized spacial score (nSPS) is 13.5. The first-order valence-corrected chi connectivity index (χ1v) is 28.9. The molecule has 1 saturated heterocycles. The largest absolute Gasteiger partial charge is 0.494 e. The minimum Gasteiger partial charge on any atom is -0.399 e. The number of hydrogen-bond donors (Lipinski definition) is 0. The SMILES string of the molecule is CC1(C)OB(c2ccc3c(c2)nc(-c2ccccc2)c2cccc(-c4ccccc4)c23)OC1(C)C.c1ccc(-c2nc(-c3ccccc3)nc(-c3ccc(-c4ccc5c(c4)nc(-c4ccccc4)c4cccc(-c6ccccc6)c45)cc3)n2)cc1. The van der Waals surface area contributed by atoms with Crippen molar-refractivity contribution in [2.24, 2.45) is 0 Å². The van der Waals surface area contributed by atoms with Crippen molar-refractivity contribution in [3.63, 3.8) is 0 Å². The maximum Gasteiger partial charge on any atom is 0.494 e. The van der Waals surface area contributed by atoms with E-state index in [1.807, 2.05) is 72.8 Å². The smallest absolute Gasteiger partial charge is 0.399 e. The third kappa shape index (κ3) is 10.2.